The van der Waals surface area contributed by atoms with Gasteiger partial charge in [-0.1, -0.05) is 41.4 Å². The van der Waals surface area contributed by atoms with Crippen molar-refractivity contribution in [3.8, 4) is 29.0 Å². The minimum absolute atomic E-state index is 0.234. The number of carbonyl (C=O) groups is 1. The Balaban J connectivity index is 1.94. The van der Waals surface area contributed by atoms with Gasteiger partial charge in [-0.3, -0.25) is 4.57 Å². The van der Waals surface area contributed by atoms with Crippen LogP contribution in [0.15, 0.2) is 34.9 Å². The summed E-state index contributed by atoms with van der Waals surface area (Å²) >= 11 is 0. The maximum Gasteiger partial charge on any atom is 0.515 e. The van der Waals surface area contributed by atoms with Gasteiger partial charge in [-0.05, 0) is 26.7 Å². The molecule has 0 aliphatic rings. The number of aromatic nitrogens is 3. The fourth-order valence-electron chi connectivity index (χ4n) is 2.53. The van der Waals surface area contributed by atoms with Gasteiger partial charge in [-0.15, -0.1) is 0 Å². The van der Waals surface area contributed by atoms with E-state index in [-0.39, 0.29) is 6.61 Å². The normalized spacial score (nSPS) is 10.2. The lowest BCUT2D eigenvalue weighted by Gasteiger charge is -2.05. The first-order valence-electron chi connectivity index (χ1n) is 8.42. The summed E-state index contributed by atoms with van der Waals surface area (Å²) in [5.74, 6) is 7.44. The molecule has 0 bridgehead atoms. The van der Waals surface area contributed by atoms with Crippen LogP contribution in [0.3, 0.4) is 0 Å². The van der Waals surface area contributed by atoms with E-state index in [1.54, 1.807) is 25.5 Å². The fourth-order valence-corrected chi connectivity index (χ4v) is 2.53. The largest absolute Gasteiger partial charge is 0.515 e. The van der Waals surface area contributed by atoms with Gasteiger partial charge >= 0.3 is 6.16 Å². The van der Waals surface area contributed by atoms with Crippen molar-refractivity contribution in [1.29, 1.82) is 0 Å². The summed E-state index contributed by atoms with van der Waals surface area (Å²) in [6.45, 7) is 5.49. The molecule has 138 valence electrons. The molecule has 0 saturated carbocycles. The molecule has 27 heavy (non-hydrogen) atoms. The molecule has 0 amide bonds. The first-order valence-corrected chi connectivity index (χ1v) is 8.42. The SMILES string of the molecule is CCOC(=O)Oc1c(C)nc(C#Cc2c(-c3ccccc3)noc2C)n1C. The monoisotopic (exact) mass is 365 g/mol. The van der Waals surface area contributed by atoms with Crippen LogP contribution in [0, 0.1) is 25.7 Å². The molecule has 2 aromatic heterocycles. The van der Waals surface area contributed by atoms with E-state index in [1.165, 1.54) is 0 Å². The summed E-state index contributed by atoms with van der Waals surface area (Å²) < 4.78 is 16.9. The smallest absolute Gasteiger partial charge is 0.434 e. The molecule has 0 aliphatic carbocycles. The second kappa shape index (κ2) is 7.79. The zero-order valence-corrected chi connectivity index (χ0v) is 15.6. The van der Waals surface area contributed by atoms with Crippen LogP contribution in [-0.2, 0) is 11.8 Å². The predicted molar refractivity (Wildman–Crippen MR) is 98.3 cm³/mol. The molecule has 1 aromatic carbocycles. The second-order valence-corrected chi connectivity index (χ2v) is 5.75. The van der Waals surface area contributed by atoms with Gasteiger partial charge in [-0.2, -0.15) is 0 Å². The zero-order chi connectivity index (χ0) is 19.4. The van der Waals surface area contributed by atoms with Crippen molar-refractivity contribution in [1.82, 2.24) is 14.7 Å². The topological polar surface area (TPSA) is 79.4 Å². The van der Waals surface area contributed by atoms with E-state index in [0.717, 1.165) is 5.56 Å². The van der Waals surface area contributed by atoms with Gasteiger partial charge in [0.15, 0.2) is 5.82 Å². The van der Waals surface area contributed by atoms with Crippen molar-refractivity contribution in [2.75, 3.05) is 6.61 Å². The van der Waals surface area contributed by atoms with E-state index in [0.29, 0.717) is 34.4 Å². The Labute approximate surface area is 156 Å². The van der Waals surface area contributed by atoms with Crippen molar-refractivity contribution in [3.63, 3.8) is 0 Å². The highest BCUT2D eigenvalue weighted by atomic mass is 16.7. The molecule has 2 heterocycles. The third-order valence-corrected chi connectivity index (χ3v) is 3.86. The van der Waals surface area contributed by atoms with E-state index < -0.39 is 6.16 Å². The van der Waals surface area contributed by atoms with Gasteiger partial charge in [0.1, 0.15) is 17.1 Å². The number of rotatable bonds is 3. The molecule has 0 spiro atoms. The van der Waals surface area contributed by atoms with Crippen molar-refractivity contribution < 1.29 is 18.8 Å². The van der Waals surface area contributed by atoms with Crippen LogP contribution in [0.25, 0.3) is 11.3 Å². The van der Waals surface area contributed by atoms with Gasteiger partial charge in [0.05, 0.1) is 12.2 Å². The van der Waals surface area contributed by atoms with Gasteiger partial charge in [0.25, 0.3) is 0 Å². The number of hydrogen-bond acceptors (Lipinski definition) is 6. The molecule has 0 fully saturated rings. The molecule has 7 heteroatoms. The van der Waals surface area contributed by atoms with Crippen LogP contribution in [0.2, 0.25) is 0 Å². The summed E-state index contributed by atoms with van der Waals surface area (Å²) in [4.78, 5) is 15.9. The van der Waals surface area contributed by atoms with Gasteiger partial charge in [0.2, 0.25) is 5.88 Å². The summed E-state index contributed by atoms with van der Waals surface area (Å²) in [5, 5.41) is 4.11. The summed E-state index contributed by atoms with van der Waals surface area (Å²) in [5.41, 5.74) is 2.82. The maximum atomic E-state index is 11.6. The summed E-state index contributed by atoms with van der Waals surface area (Å²) in [6, 6.07) is 9.68. The van der Waals surface area contributed by atoms with Gasteiger partial charge < -0.3 is 14.0 Å². The van der Waals surface area contributed by atoms with Crippen LogP contribution in [0.1, 0.15) is 29.8 Å². The van der Waals surface area contributed by atoms with Crippen LogP contribution in [0.4, 0.5) is 4.79 Å². The highest BCUT2D eigenvalue weighted by Crippen LogP contribution is 2.24. The zero-order valence-electron chi connectivity index (χ0n) is 15.6. The van der Waals surface area contributed by atoms with Gasteiger partial charge in [0, 0.05) is 12.6 Å². The molecule has 0 atom stereocenters. The van der Waals surface area contributed by atoms with Crippen molar-refractivity contribution >= 4 is 6.16 Å². The number of ether oxygens (including phenoxy) is 2. The lowest BCUT2D eigenvalue weighted by Crippen LogP contribution is -2.13. The number of benzene rings is 1. The Kier molecular flexibility index (Phi) is 5.27. The van der Waals surface area contributed by atoms with Crippen LogP contribution < -0.4 is 4.74 Å². The third-order valence-electron chi connectivity index (χ3n) is 3.86. The minimum Gasteiger partial charge on any atom is -0.434 e. The Bertz CT molecular complexity index is 1020. The Hall–Kier alpha value is -3.53. The lowest BCUT2D eigenvalue weighted by atomic mass is 10.1. The van der Waals surface area contributed by atoms with E-state index in [4.69, 9.17) is 14.0 Å². The molecule has 3 rings (SSSR count). The lowest BCUT2D eigenvalue weighted by molar-refractivity contribution is 0.101. The van der Waals surface area contributed by atoms with Crippen molar-refractivity contribution in [3.05, 3.63) is 53.2 Å². The number of carbonyl (C=O) groups excluding carboxylic acids is 1. The first kappa shape index (κ1) is 18.3. The van der Waals surface area contributed by atoms with Crippen LogP contribution in [-0.4, -0.2) is 27.5 Å². The molecule has 3 aromatic rings. The molecule has 7 nitrogen and oxygen atoms in total. The molecule has 0 radical (unpaired) electrons. The molecular formula is C20H19N3O4. The third kappa shape index (κ3) is 3.85. The van der Waals surface area contributed by atoms with E-state index in [9.17, 15) is 4.79 Å². The first-order chi connectivity index (χ1) is 13.0. The van der Waals surface area contributed by atoms with Crippen LogP contribution in [0.5, 0.6) is 5.88 Å². The van der Waals surface area contributed by atoms with E-state index in [1.807, 2.05) is 37.3 Å². The van der Waals surface area contributed by atoms with Crippen LogP contribution >= 0.6 is 0 Å². The maximum absolute atomic E-state index is 11.6. The fraction of sp³-hybridized carbons (Fsp3) is 0.250. The number of aryl methyl sites for hydroxylation is 2. The number of hydrogen-bond donors (Lipinski definition) is 0. The van der Waals surface area contributed by atoms with Gasteiger partial charge in [-0.25, -0.2) is 9.78 Å². The van der Waals surface area contributed by atoms with E-state index in [2.05, 4.69) is 22.0 Å². The average molecular weight is 365 g/mol. The second-order valence-electron chi connectivity index (χ2n) is 5.75. The van der Waals surface area contributed by atoms with E-state index >= 15 is 0 Å². The highest BCUT2D eigenvalue weighted by molar-refractivity contribution is 5.68. The number of imidazole rings is 1. The molecule has 0 unspecified atom stereocenters. The minimum atomic E-state index is -0.774. The Morgan fingerprint density at radius 2 is 1.96 bits per heavy atom. The highest BCUT2D eigenvalue weighted by Gasteiger charge is 2.17. The summed E-state index contributed by atoms with van der Waals surface area (Å²) in [6.07, 6.45) is -0.774. The Morgan fingerprint density at radius 3 is 2.67 bits per heavy atom. The predicted octanol–water partition coefficient (Wildman–Crippen LogP) is 3.63. The molecule has 0 aliphatic heterocycles. The summed E-state index contributed by atoms with van der Waals surface area (Å²) in [7, 11) is 1.72. The molecule has 0 saturated heterocycles. The number of nitrogens with zero attached hydrogens (tertiary/aromatic N) is 3. The average Bonchev–Trinajstić information content (AvgIpc) is 3.15. The molecular weight excluding hydrogens is 346 g/mol. The Morgan fingerprint density at radius 1 is 1.22 bits per heavy atom. The standard InChI is InChI=1S/C20H19N3O4/c1-5-25-20(24)26-19-13(2)21-17(23(19)4)12-11-16-14(3)27-22-18(16)15-9-7-6-8-10-15/h6-10H,5H2,1-4H3. The molecule has 0 N–H and O–H groups in total. The quantitative estimate of drug-likeness (QED) is 0.521. The van der Waals surface area contributed by atoms with Crippen molar-refractivity contribution in [2.24, 2.45) is 7.05 Å². The van der Waals surface area contributed by atoms with Crippen molar-refractivity contribution in [2.45, 2.75) is 20.8 Å².